The minimum absolute atomic E-state index is 0.744. The second-order valence-electron chi connectivity index (χ2n) is 2.53. The molecule has 0 spiro atoms. The fraction of sp³-hybridized carbons (Fsp3) is 0.500. The van der Waals surface area contributed by atoms with Crippen LogP contribution in [-0.4, -0.2) is 23.7 Å². The molecule has 1 aromatic rings. The Morgan fingerprint density at radius 2 is 1.92 bits per heavy atom. The van der Waals surface area contributed by atoms with E-state index < -0.39 is 0 Å². The van der Waals surface area contributed by atoms with Crippen molar-refractivity contribution in [3.05, 3.63) is 21.1 Å². The van der Waals surface area contributed by atoms with Gasteiger partial charge in [-0.15, -0.1) is 0 Å². The summed E-state index contributed by atoms with van der Waals surface area (Å²) in [5.74, 6) is 0.832. The van der Waals surface area contributed by atoms with Crippen molar-refractivity contribution in [2.24, 2.45) is 0 Å². The molecule has 0 aliphatic rings. The highest BCUT2D eigenvalue weighted by Crippen LogP contribution is 2.13. The van der Waals surface area contributed by atoms with Gasteiger partial charge in [0.25, 0.3) is 0 Å². The quantitative estimate of drug-likeness (QED) is 0.633. The molecule has 0 aliphatic carbocycles. The fourth-order valence-electron chi connectivity index (χ4n) is 0.921. The van der Waals surface area contributed by atoms with Crippen LogP contribution in [0.3, 0.4) is 0 Å². The van der Waals surface area contributed by atoms with E-state index >= 15 is 0 Å². The molecule has 0 unspecified atom stereocenters. The third-order valence-corrected chi connectivity index (χ3v) is 2.27. The molecule has 1 heterocycles. The standard InChI is InChI=1S/C8H10Br2N2O/c1-13-4-2-3-8-11-6(9)5-7(10)12-8/h5H,2-4H2,1H3. The highest BCUT2D eigenvalue weighted by Gasteiger charge is 2.00. The summed E-state index contributed by atoms with van der Waals surface area (Å²) in [6, 6.07) is 1.82. The van der Waals surface area contributed by atoms with Gasteiger partial charge >= 0.3 is 0 Å². The maximum absolute atomic E-state index is 4.95. The molecule has 0 aromatic carbocycles. The summed E-state index contributed by atoms with van der Waals surface area (Å²) in [6.45, 7) is 0.744. The predicted molar refractivity (Wildman–Crippen MR) is 57.6 cm³/mol. The Morgan fingerprint density at radius 1 is 1.31 bits per heavy atom. The number of aryl methyl sites for hydroxylation is 1. The minimum atomic E-state index is 0.744. The molecule has 5 heteroatoms. The zero-order chi connectivity index (χ0) is 9.68. The van der Waals surface area contributed by atoms with E-state index in [0.717, 1.165) is 34.5 Å². The van der Waals surface area contributed by atoms with Gasteiger partial charge in [0.1, 0.15) is 15.0 Å². The van der Waals surface area contributed by atoms with Crippen molar-refractivity contribution in [2.75, 3.05) is 13.7 Å². The van der Waals surface area contributed by atoms with Crippen molar-refractivity contribution in [2.45, 2.75) is 12.8 Å². The molecular formula is C8H10Br2N2O. The van der Waals surface area contributed by atoms with Crippen LogP contribution in [0.2, 0.25) is 0 Å². The zero-order valence-corrected chi connectivity index (χ0v) is 10.4. The minimum Gasteiger partial charge on any atom is -0.385 e. The summed E-state index contributed by atoms with van der Waals surface area (Å²) in [7, 11) is 1.69. The first-order valence-corrected chi connectivity index (χ1v) is 5.49. The van der Waals surface area contributed by atoms with Crippen molar-refractivity contribution < 1.29 is 4.74 Å². The van der Waals surface area contributed by atoms with Crippen molar-refractivity contribution in [3.8, 4) is 0 Å². The number of aromatic nitrogens is 2. The number of halogens is 2. The smallest absolute Gasteiger partial charge is 0.131 e. The van der Waals surface area contributed by atoms with Crippen LogP contribution in [0.4, 0.5) is 0 Å². The van der Waals surface area contributed by atoms with Crippen LogP contribution in [-0.2, 0) is 11.2 Å². The van der Waals surface area contributed by atoms with Crippen molar-refractivity contribution in [3.63, 3.8) is 0 Å². The number of rotatable bonds is 4. The number of nitrogens with zero attached hydrogens (tertiary/aromatic N) is 2. The lowest BCUT2D eigenvalue weighted by Crippen LogP contribution is -1.99. The molecule has 0 saturated carbocycles. The van der Waals surface area contributed by atoms with Crippen molar-refractivity contribution in [1.29, 1.82) is 0 Å². The van der Waals surface area contributed by atoms with E-state index in [1.807, 2.05) is 6.07 Å². The van der Waals surface area contributed by atoms with Crippen molar-refractivity contribution >= 4 is 31.9 Å². The molecule has 1 aromatic heterocycles. The summed E-state index contributed by atoms with van der Waals surface area (Å²) >= 11 is 6.62. The van der Waals surface area contributed by atoms with E-state index in [0.29, 0.717) is 0 Å². The van der Waals surface area contributed by atoms with Gasteiger partial charge in [0, 0.05) is 26.2 Å². The Bertz CT molecular complexity index is 261. The first-order valence-electron chi connectivity index (χ1n) is 3.90. The SMILES string of the molecule is COCCCc1nc(Br)cc(Br)n1. The molecule has 0 bridgehead atoms. The average Bonchev–Trinajstić information content (AvgIpc) is 2.03. The second-order valence-corrected chi connectivity index (χ2v) is 4.15. The topological polar surface area (TPSA) is 35.0 Å². The molecular weight excluding hydrogens is 300 g/mol. The summed E-state index contributed by atoms with van der Waals surface area (Å²) in [5, 5.41) is 0. The second kappa shape index (κ2) is 5.67. The Morgan fingerprint density at radius 3 is 2.46 bits per heavy atom. The summed E-state index contributed by atoms with van der Waals surface area (Å²) in [6.07, 6.45) is 1.78. The van der Waals surface area contributed by atoms with E-state index in [2.05, 4.69) is 41.8 Å². The average molecular weight is 310 g/mol. The van der Waals surface area contributed by atoms with Crippen LogP contribution in [0.5, 0.6) is 0 Å². The van der Waals surface area contributed by atoms with Crippen LogP contribution in [0.1, 0.15) is 12.2 Å². The molecule has 0 atom stereocenters. The van der Waals surface area contributed by atoms with Crippen LogP contribution in [0.15, 0.2) is 15.3 Å². The van der Waals surface area contributed by atoms with E-state index in [-0.39, 0.29) is 0 Å². The first kappa shape index (κ1) is 11.1. The van der Waals surface area contributed by atoms with E-state index in [4.69, 9.17) is 4.74 Å². The highest BCUT2D eigenvalue weighted by atomic mass is 79.9. The molecule has 3 nitrogen and oxygen atoms in total. The largest absolute Gasteiger partial charge is 0.385 e. The summed E-state index contributed by atoms with van der Waals surface area (Å²) in [4.78, 5) is 8.45. The first-order chi connectivity index (χ1) is 6.22. The van der Waals surface area contributed by atoms with E-state index in [1.165, 1.54) is 0 Å². The Kier molecular flexibility index (Phi) is 4.83. The van der Waals surface area contributed by atoms with Gasteiger partial charge in [0.15, 0.2) is 0 Å². The van der Waals surface area contributed by atoms with Gasteiger partial charge in [-0.1, -0.05) is 0 Å². The lowest BCUT2D eigenvalue weighted by molar-refractivity contribution is 0.194. The monoisotopic (exact) mass is 308 g/mol. The third-order valence-electron chi connectivity index (χ3n) is 1.46. The molecule has 72 valence electrons. The lowest BCUT2D eigenvalue weighted by atomic mass is 10.3. The molecule has 0 amide bonds. The van der Waals surface area contributed by atoms with Crippen LogP contribution in [0.25, 0.3) is 0 Å². The predicted octanol–water partition coefficient (Wildman–Crippen LogP) is 2.58. The Balaban J connectivity index is 2.56. The van der Waals surface area contributed by atoms with Gasteiger partial charge < -0.3 is 4.74 Å². The Labute approximate surface area is 94.2 Å². The molecule has 0 saturated heterocycles. The number of ether oxygens (including phenoxy) is 1. The van der Waals surface area contributed by atoms with E-state index in [9.17, 15) is 0 Å². The lowest BCUT2D eigenvalue weighted by Gasteiger charge is -2.00. The summed E-state index contributed by atoms with van der Waals surface area (Å²) in [5.41, 5.74) is 0. The fourth-order valence-corrected chi connectivity index (χ4v) is 2.07. The molecule has 0 fully saturated rings. The van der Waals surface area contributed by atoms with Gasteiger partial charge in [-0.05, 0) is 38.3 Å². The zero-order valence-electron chi connectivity index (χ0n) is 7.26. The van der Waals surface area contributed by atoms with Gasteiger partial charge in [-0.3, -0.25) is 0 Å². The summed E-state index contributed by atoms with van der Waals surface area (Å²) < 4.78 is 6.56. The van der Waals surface area contributed by atoms with Crippen LogP contribution >= 0.6 is 31.9 Å². The van der Waals surface area contributed by atoms with Gasteiger partial charge in [0.2, 0.25) is 0 Å². The van der Waals surface area contributed by atoms with E-state index in [1.54, 1.807) is 7.11 Å². The van der Waals surface area contributed by atoms with Crippen LogP contribution < -0.4 is 0 Å². The number of hydrogen-bond donors (Lipinski definition) is 0. The van der Waals surface area contributed by atoms with Gasteiger partial charge in [-0.2, -0.15) is 0 Å². The molecule has 13 heavy (non-hydrogen) atoms. The maximum Gasteiger partial charge on any atom is 0.131 e. The molecule has 0 radical (unpaired) electrons. The number of hydrogen-bond acceptors (Lipinski definition) is 3. The molecule has 0 aliphatic heterocycles. The van der Waals surface area contributed by atoms with Gasteiger partial charge in [-0.25, -0.2) is 9.97 Å². The van der Waals surface area contributed by atoms with Gasteiger partial charge in [0.05, 0.1) is 0 Å². The highest BCUT2D eigenvalue weighted by molar-refractivity contribution is 9.11. The molecule has 0 N–H and O–H groups in total. The van der Waals surface area contributed by atoms with Crippen LogP contribution in [0, 0.1) is 0 Å². The van der Waals surface area contributed by atoms with Crippen molar-refractivity contribution in [1.82, 2.24) is 9.97 Å². The Hall–Kier alpha value is -0.0000000000000000555. The normalized spacial score (nSPS) is 10.4. The molecule has 1 rings (SSSR count). The third kappa shape index (κ3) is 4.15. The number of methoxy groups -OCH3 is 1. The maximum atomic E-state index is 4.95.